The Balaban J connectivity index is 2.49. The standard InChI is InChI=1S/C14H17N3S/c1-8(2)11-12(13(15)16)18-14(17-11)10-6-4-9(3)5-7-10/h4-8H,1-3H3,(H3,15,16). The first-order valence-electron chi connectivity index (χ1n) is 5.91. The van der Waals surface area contributed by atoms with Gasteiger partial charge in [-0.15, -0.1) is 11.3 Å². The number of hydrogen-bond donors (Lipinski definition) is 2. The highest BCUT2D eigenvalue weighted by atomic mass is 32.1. The van der Waals surface area contributed by atoms with Crippen LogP contribution in [0.1, 0.15) is 35.9 Å². The molecule has 0 aliphatic rings. The van der Waals surface area contributed by atoms with Crippen molar-refractivity contribution in [2.45, 2.75) is 26.7 Å². The Morgan fingerprint density at radius 3 is 2.33 bits per heavy atom. The van der Waals surface area contributed by atoms with Gasteiger partial charge in [-0.25, -0.2) is 4.98 Å². The quantitative estimate of drug-likeness (QED) is 0.654. The molecular weight excluding hydrogens is 242 g/mol. The molecule has 0 atom stereocenters. The van der Waals surface area contributed by atoms with Gasteiger partial charge in [0.15, 0.2) is 0 Å². The van der Waals surface area contributed by atoms with Crippen molar-refractivity contribution in [3.63, 3.8) is 0 Å². The van der Waals surface area contributed by atoms with E-state index in [-0.39, 0.29) is 11.8 Å². The largest absolute Gasteiger partial charge is 0.383 e. The molecule has 1 aromatic heterocycles. The monoisotopic (exact) mass is 259 g/mol. The lowest BCUT2D eigenvalue weighted by molar-refractivity contribution is 0.831. The van der Waals surface area contributed by atoms with Crippen LogP contribution in [0, 0.1) is 12.3 Å². The Labute approximate surface area is 111 Å². The summed E-state index contributed by atoms with van der Waals surface area (Å²) in [5.41, 5.74) is 8.85. The topological polar surface area (TPSA) is 62.8 Å². The molecule has 2 rings (SSSR count). The van der Waals surface area contributed by atoms with E-state index >= 15 is 0 Å². The van der Waals surface area contributed by atoms with Gasteiger partial charge in [-0.2, -0.15) is 0 Å². The van der Waals surface area contributed by atoms with Crippen molar-refractivity contribution < 1.29 is 0 Å². The van der Waals surface area contributed by atoms with Gasteiger partial charge < -0.3 is 5.73 Å². The zero-order valence-corrected chi connectivity index (χ0v) is 11.6. The number of aryl methyl sites for hydroxylation is 1. The number of benzene rings is 1. The van der Waals surface area contributed by atoms with E-state index in [2.05, 4.69) is 50.0 Å². The number of rotatable bonds is 3. The smallest absolute Gasteiger partial charge is 0.135 e. The second-order valence-electron chi connectivity index (χ2n) is 4.67. The fraction of sp³-hybridized carbons (Fsp3) is 0.286. The summed E-state index contributed by atoms with van der Waals surface area (Å²) in [6.07, 6.45) is 0. The number of amidine groups is 1. The predicted molar refractivity (Wildman–Crippen MR) is 77.4 cm³/mol. The molecule has 0 radical (unpaired) electrons. The molecule has 94 valence electrons. The molecule has 1 aromatic carbocycles. The van der Waals surface area contributed by atoms with Gasteiger partial charge in [0.25, 0.3) is 0 Å². The van der Waals surface area contributed by atoms with Crippen molar-refractivity contribution in [3.05, 3.63) is 40.4 Å². The molecule has 0 unspecified atom stereocenters. The van der Waals surface area contributed by atoms with Gasteiger partial charge in [0.2, 0.25) is 0 Å². The van der Waals surface area contributed by atoms with E-state index in [0.29, 0.717) is 0 Å². The molecule has 0 bridgehead atoms. The van der Waals surface area contributed by atoms with Crippen LogP contribution in [0.25, 0.3) is 10.6 Å². The summed E-state index contributed by atoms with van der Waals surface area (Å²) in [5, 5.41) is 8.56. The van der Waals surface area contributed by atoms with Gasteiger partial charge >= 0.3 is 0 Å². The maximum Gasteiger partial charge on any atom is 0.135 e. The molecule has 2 aromatic rings. The molecule has 0 fully saturated rings. The average molecular weight is 259 g/mol. The molecule has 4 heteroatoms. The molecular formula is C14H17N3S. The molecule has 0 saturated heterocycles. The van der Waals surface area contributed by atoms with Crippen molar-refractivity contribution in [1.29, 1.82) is 5.41 Å². The summed E-state index contributed by atoms with van der Waals surface area (Å²) in [7, 11) is 0. The lowest BCUT2D eigenvalue weighted by atomic mass is 10.1. The van der Waals surface area contributed by atoms with E-state index < -0.39 is 0 Å². The summed E-state index contributed by atoms with van der Waals surface area (Å²) in [4.78, 5) is 5.42. The predicted octanol–water partition coefficient (Wildman–Crippen LogP) is 3.53. The Kier molecular flexibility index (Phi) is 3.48. The first kappa shape index (κ1) is 12.8. The van der Waals surface area contributed by atoms with E-state index in [1.807, 2.05) is 0 Å². The minimum Gasteiger partial charge on any atom is -0.383 e. The van der Waals surface area contributed by atoms with Crippen molar-refractivity contribution in [2.75, 3.05) is 0 Å². The van der Waals surface area contributed by atoms with Gasteiger partial charge in [0, 0.05) is 5.56 Å². The first-order chi connectivity index (χ1) is 8.49. The average Bonchev–Trinajstić information content (AvgIpc) is 2.75. The SMILES string of the molecule is Cc1ccc(-c2nc(C(C)C)c(C(=N)N)s2)cc1. The third-order valence-electron chi connectivity index (χ3n) is 2.74. The minimum absolute atomic E-state index is 0.106. The zero-order valence-electron chi connectivity index (χ0n) is 10.8. The van der Waals surface area contributed by atoms with Crippen molar-refractivity contribution in [2.24, 2.45) is 5.73 Å². The van der Waals surface area contributed by atoms with E-state index in [1.54, 1.807) is 0 Å². The zero-order chi connectivity index (χ0) is 13.3. The highest BCUT2D eigenvalue weighted by Gasteiger charge is 2.16. The molecule has 3 nitrogen and oxygen atoms in total. The number of nitrogen functional groups attached to an aromatic ring is 1. The van der Waals surface area contributed by atoms with Crippen LogP contribution in [0.15, 0.2) is 24.3 Å². The number of nitrogens with one attached hydrogen (secondary N) is 1. The summed E-state index contributed by atoms with van der Waals surface area (Å²) < 4.78 is 0. The van der Waals surface area contributed by atoms with E-state index in [4.69, 9.17) is 11.1 Å². The summed E-state index contributed by atoms with van der Waals surface area (Å²) in [6.45, 7) is 6.20. The Morgan fingerprint density at radius 1 is 1.28 bits per heavy atom. The number of nitrogens with zero attached hydrogens (tertiary/aromatic N) is 1. The van der Waals surface area contributed by atoms with E-state index in [9.17, 15) is 0 Å². The number of thiazole rings is 1. The number of hydrogen-bond acceptors (Lipinski definition) is 3. The van der Waals surface area contributed by atoms with Crippen molar-refractivity contribution in [1.82, 2.24) is 4.98 Å². The van der Waals surface area contributed by atoms with Gasteiger partial charge in [-0.3, -0.25) is 5.41 Å². The molecule has 0 aliphatic heterocycles. The molecule has 3 N–H and O–H groups in total. The second kappa shape index (κ2) is 4.90. The molecule has 0 aliphatic carbocycles. The molecule has 18 heavy (non-hydrogen) atoms. The highest BCUT2D eigenvalue weighted by Crippen LogP contribution is 2.31. The summed E-state index contributed by atoms with van der Waals surface area (Å²) in [6, 6.07) is 8.25. The van der Waals surface area contributed by atoms with Crippen LogP contribution in [0.5, 0.6) is 0 Å². The van der Waals surface area contributed by atoms with Crippen LogP contribution in [0.3, 0.4) is 0 Å². The lowest BCUT2D eigenvalue weighted by Gasteiger charge is -2.02. The van der Waals surface area contributed by atoms with Gasteiger partial charge in [-0.05, 0) is 12.8 Å². The van der Waals surface area contributed by atoms with Crippen LogP contribution in [0.4, 0.5) is 0 Å². The molecule has 0 spiro atoms. The summed E-state index contributed by atoms with van der Waals surface area (Å²) in [5.74, 6) is 0.383. The number of aromatic nitrogens is 1. The number of nitrogens with two attached hydrogens (primary N) is 1. The lowest BCUT2D eigenvalue weighted by Crippen LogP contribution is -2.12. The highest BCUT2D eigenvalue weighted by molar-refractivity contribution is 7.17. The van der Waals surface area contributed by atoms with Crippen molar-refractivity contribution >= 4 is 17.2 Å². The van der Waals surface area contributed by atoms with E-state index in [1.165, 1.54) is 16.9 Å². The molecule has 0 saturated carbocycles. The van der Waals surface area contributed by atoms with Crippen LogP contribution in [-0.4, -0.2) is 10.8 Å². The van der Waals surface area contributed by atoms with E-state index in [0.717, 1.165) is 21.1 Å². The maximum atomic E-state index is 7.63. The third kappa shape index (κ3) is 2.43. The normalized spacial score (nSPS) is 10.9. The third-order valence-corrected chi connectivity index (χ3v) is 3.90. The fourth-order valence-corrected chi connectivity index (χ4v) is 2.82. The van der Waals surface area contributed by atoms with Crippen molar-refractivity contribution in [3.8, 4) is 10.6 Å². The fourth-order valence-electron chi connectivity index (χ4n) is 1.74. The van der Waals surface area contributed by atoms with Crippen LogP contribution < -0.4 is 5.73 Å². The molecule has 1 heterocycles. The molecule has 0 amide bonds. The summed E-state index contributed by atoms with van der Waals surface area (Å²) >= 11 is 1.49. The Morgan fingerprint density at radius 2 is 1.89 bits per heavy atom. The Hall–Kier alpha value is -1.68. The minimum atomic E-state index is 0.106. The second-order valence-corrected chi connectivity index (χ2v) is 5.67. The van der Waals surface area contributed by atoms with Gasteiger partial charge in [-0.1, -0.05) is 43.7 Å². The van der Waals surface area contributed by atoms with Crippen LogP contribution in [-0.2, 0) is 0 Å². The van der Waals surface area contributed by atoms with Crippen LogP contribution >= 0.6 is 11.3 Å². The van der Waals surface area contributed by atoms with Gasteiger partial charge in [0.05, 0.1) is 10.6 Å². The van der Waals surface area contributed by atoms with Crippen LogP contribution in [0.2, 0.25) is 0 Å². The Bertz CT molecular complexity index is 567. The van der Waals surface area contributed by atoms with Gasteiger partial charge in [0.1, 0.15) is 10.8 Å². The first-order valence-corrected chi connectivity index (χ1v) is 6.73. The maximum absolute atomic E-state index is 7.63.